The first-order valence-corrected chi connectivity index (χ1v) is 10.1. The Morgan fingerprint density at radius 1 is 1.10 bits per heavy atom. The summed E-state index contributed by atoms with van der Waals surface area (Å²) in [7, 11) is 1.87. The van der Waals surface area contributed by atoms with Gasteiger partial charge in [0.2, 0.25) is 0 Å². The zero-order valence-electron chi connectivity index (χ0n) is 15.7. The molecule has 0 aliphatic rings. The average Bonchev–Trinajstić information content (AvgIpc) is 3.52. The second kappa shape index (κ2) is 6.33. The minimum atomic E-state index is -0.216. The highest BCUT2D eigenvalue weighted by atomic mass is 32.1. The Morgan fingerprint density at radius 2 is 2.03 bits per heavy atom. The summed E-state index contributed by atoms with van der Waals surface area (Å²) < 4.78 is 15.3. The number of thiophene rings is 1. The van der Waals surface area contributed by atoms with Crippen molar-refractivity contribution in [2.45, 2.75) is 0 Å². The molecule has 6 aromatic rings. The molecule has 5 aromatic heterocycles. The monoisotopic (exact) mass is 415 g/mol. The third kappa shape index (κ3) is 2.63. The summed E-state index contributed by atoms with van der Waals surface area (Å²) in [5.74, 6) is 0.643. The molecular weight excluding hydrogens is 401 g/mol. The van der Waals surface area contributed by atoms with E-state index in [9.17, 15) is 4.39 Å². The second-order valence-electron chi connectivity index (χ2n) is 6.98. The predicted molar refractivity (Wildman–Crippen MR) is 114 cm³/mol. The number of pyridine rings is 1. The number of para-hydroxylation sites is 1. The topological polar surface area (TPSA) is 88.1 Å². The minimum Gasteiger partial charge on any atom is -0.337 e. The maximum Gasteiger partial charge on any atom is 0.176 e. The Kier molecular flexibility index (Phi) is 3.59. The Labute approximate surface area is 173 Å². The summed E-state index contributed by atoms with van der Waals surface area (Å²) in [5, 5.41) is 12.4. The van der Waals surface area contributed by atoms with Crippen LogP contribution in [0, 0.1) is 5.13 Å². The van der Waals surface area contributed by atoms with Crippen LogP contribution in [0.4, 0.5) is 4.39 Å². The van der Waals surface area contributed by atoms with Crippen LogP contribution in [0.15, 0.2) is 55.0 Å². The molecule has 0 bridgehead atoms. The third-order valence-electron chi connectivity index (χ3n) is 5.02. The summed E-state index contributed by atoms with van der Waals surface area (Å²) in [6, 6.07) is 11.1. The first-order chi connectivity index (χ1) is 14.7. The number of aromatic nitrogens is 7. The van der Waals surface area contributed by atoms with E-state index in [1.807, 2.05) is 37.5 Å². The maximum absolute atomic E-state index is 13.6. The Balaban J connectivity index is 1.52. The summed E-state index contributed by atoms with van der Waals surface area (Å²) >= 11 is 1.11. The number of nitrogens with one attached hydrogen (secondary N) is 2. The smallest absolute Gasteiger partial charge is 0.176 e. The molecule has 0 radical (unpaired) electrons. The molecule has 1 aromatic carbocycles. The molecule has 146 valence electrons. The highest BCUT2D eigenvalue weighted by molar-refractivity contribution is 7.14. The molecule has 0 amide bonds. The van der Waals surface area contributed by atoms with Gasteiger partial charge in [-0.25, -0.2) is 4.98 Å². The van der Waals surface area contributed by atoms with Crippen molar-refractivity contribution < 1.29 is 4.39 Å². The number of halogens is 1. The molecule has 0 aliphatic heterocycles. The van der Waals surface area contributed by atoms with Crippen LogP contribution in [0.3, 0.4) is 0 Å². The van der Waals surface area contributed by atoms with E-state index in [0.29, 0.717) is 11.5 Å². The van der Waals surface area contributed by atoms with Gasteiger partial charge in [-0.2, -0.15) is 14.6 Å². The predicted octanol–water partition coefficient (Wildman–Crippen LogP) is 4.77. The molecule has 0 saturated carbocycles. The van der Waals surface area contributed by atoms with Gasteiger partial charge in [0.1, 0.15) is 5.69 Å². The van der Waals surface area contributed by atoms with Gasteiger partial charge in [-0.05, 0) is 24.3 Å². The molecular formula is C21H14FN7S. The van der Waals surface area contributed by atoms with Crippen molar-refractivity contribution >= 4 is 33.3 Å². The Bertz CT molecular complexity index is 1540. The van der Waals surface area contributed by atoms with Crippen molar-refractivity contribution in [1.29, 1.82) is 0 Å². The zero-order valence-corrected chi connectivity index (χ0v) is 16.5. The summed E-state index contributed by atoms with van der Waals surface area (Å²) in [5.41, 5.74) is 5.81. The van der Waals surface area contributed by atoms with Crippen LogP contribution in [-0.4, -0.2) is 34.9 Å². The number of fused-ring (bicyclic) bond motifs is 2. The number of imidazole rings is 1. The van der Waals surface area contributed by atoms with Gasteiger partial charge in [0.15, 0.2) is 11.0 Å². The number of aromatic amines is 2. The van der Waals surface area contributed by atoms with Crippen LogP contribution < -0.4 is 0 Å². The van der Waals surface area contributed by atoms with Crippen LogP contribution in [0.2, 0.25) is 0 Å². The number of aryl methyl sites for hydroxylation is 1. The lowest BCUT2D eigenvalue weighted by atomic mass is 10.1. The van der Waals surface area contributed by atoms with Crippen molar-refractivity contribution in [3.05, 3.63) is 60.1 Å². The molecule has 7 nitrogen and oxygen atoms in total. The quantitative estimate of drug-likeness (QED) is 0.436. The largest absolute Gasteiger partial charge is 0.337 e. The fraction of sp³-hybridized carbons (Fsp3) is 0.0476. The van der Waals surface area contributed by atoms with Gasteiger partial charge in [0, 0.05) is 34.6 Å². The number of benzene rings is 1. The van der Waals surface area contributed by atoms with Gasteiger partial charge >= 0.3 is 0 Å². The first kappa shape index (κ1) is 17.0. The lowest BCUT2D eigenvalue weighted by molar-refractivity contribution is 0.657. The maximum atomic E-state index is 13.6. The standard InChI is InChI=1S/C21H14FN7S/c1-29-10-11(8-24-29)15-7-13-16(9-23-15)27-28-20(13)21-25-14-4-2-3-12(19(14)26-21)17-5-6-18(22)30-17/h2-10H,1H3,(H,25,26)(H,27,28). The first-order valence-electron chi connectivity index (χ1n) is 9.24. The van der Waals surface area contributed by atoms with Crippen LogP contribution in [0.5, 0.6) is 0 Å². The van der Waals surface area contributed by atoms with Gasteiger partial charge in [-0.1, -0.05) is 12.1 Å². The molecule has 30 heavy (non-hydrogen) atoms. The van der Waals surface area contributed by atoms with Crippen molar-refractivity contribution in [2.24, 2.45) is 7.05 Å². The molecule has 0 saturated heterocycles. The van der Waals surface area contributed by atoms with E-state index in [2.05, 4.69) is 25.3 Å². The van der Waals surface area contributed by atoms with Gasteiger partial charge in [0.25, 0.3) is 0 Å². The molecule has 0 spiro atoms. The highest BCUT2D eigenvalue weighted by Gasteiger charge is 2.17. The SMILES string of the molecule is Cn1cc(-c2cc3c(-c4nc5c(-c6ccc(F)s6)cccc5[nH]4)n[nH]c3cn2)cn1. The van der Waals surface area contributed by atoms with Gasteiger partial charge < -0.3 is 4.98 Å². The van der Waals surface area contributed by atoms with Crippen LogP contribution in [0.25, 0.3) is 55.2 Å². The Morgan fingerprint density at radius 3 is 2.83 bits per heavy atom. The Hall–Kier alpha value is -3.85. The summed E-state index contributed by atoms with van der Waals surface area (Å²) in [4.78, 5) is 13.5. The number of nitrogens with zero attached hydrogens (tertiary/aromatic N) is 5. The van der Waals surface area contributed by atoms with E-state index in [-0.39, 0.29) is 5.13 Å². The van der Waals surface area contributed by atoms with Gasteiger partial charge in [-0.3, -0.25) is 14.8 Å². The van der Waals surface area contributed by atoms with Crippen LogP contribution in [0.1, 0.15) is 0 Å². The lowest BCUT2D eigenvalue weighted by Crippen LogP contribution is -1.85. The number of hydrogen-bond acceptors (Lipinski definition) is 5. The molecule has 0 unspecified atom stereocenters. The van der Waals surface area contributed by atoms with Crippen molar-refractivity contribution in [2.75, 3.05) is 0 Å². The summed E-state index contributed by atoms with van der Waals surface area (Å²) in [6.07, 6.45) is 5.46. The van der Waals surface area contributed by atoms with Crippen molar-refractivity contribution in [1.82, 2.24) is 34.9 Å². The molecule has 0 aliphatic carbocycles. The van der Waals surface area contributed by atoms with Gasteiger partial charge in [0.05, 0.1) is 34.6 Å². The van der Waals surface area contributed by atoms with Gasteiger partial charge in [-0.15, -0.1) is 11.3 Å². The van der Waals surface area contributed by atoms with E-state index < -0.39 is 0 Å². The van der Waals surface area contributed by atoms with E-state index in [1.165, 1.54) is 6.07 Å². The minimum absolute atomic E-state index is 0.216. The van der Waals surface area contributed by atoms with Crippen LogP contribution in [-0.2, 0) is 7.05 Å². The fourth-order valence-corrected chi connectivity index (χ4v) is 4.37. The number of hydrogen-bond donors (Lipinski definition) is 2. The van der Waals surface area contributed by atoms with E-state index in [1.54, 1.807) is 23.1 Å². The molecule has 2 N–H and O–H groups in total. The molecule has 0 fully saturated rings. The van der Waals surface area contributed by atoms with E-state index >= 15 is 0 Å². The van der Waals surface area contributed by atoms with E-state index in [0.717, 1.165) is 55.0 Å². The highest BCUT2D eigenvalue weighted by Crippen LogP contribution is 2.34. The average molecular weight is 415 g/mol. The lowest BCUT2D eigenvalue weighted by Gasteiger charge is -1.98. The number of rotatable bonds is 3. The third-order valence-corrected chi connectivity index (χ3v) is 5.93. The molecule has 5 heterocycles. The second-order valence-corrected chi connectivity index (χ2v) is 8.01. The molecule has 9 heteroatoms. The number of H-pyrrole nitrogens is 2. The normalized spacial score (nSPS) is 11.7. The van der Waals surface area contributed by atoms with Crippen molar-refractivity contribution in [3.63, 3.8) is 0 Å². The molecule has 0 atom stereocenters. The van der Waals surface area contributed by atoms with Crippen molar-refractivity contribution in [3.8, 4) is 33.2 Å². The van der Waals surface area contributed by atoms with E-state index in [4.69, 9.17) is 4.98 Å². The van der Waals surface area contributed by atoms with Crippen LogP contribution >= 0.6 is 11.3 Å². The molecule has 6 rings (SSSR count). The zero-order chi connectivity index (χ0) is 20.2. The summed E-state index contributed by atoms with van der Waals surface area (Å²) in [6.45, 7) is 0. The fourth-order valence-electron chi connectivity index (χ4n) is 3.61.